The van der Waals surface area contributed by atoms with Gasteiger partial charge in [0.05, 0.1) is 27.8 Å². The fourth-order valence-electron chi connectivity index (χ4n) is 2.71. The second kappa shape index (κ2) is 6.03. The molecule has 4 aromatic rings. The Bertz CT molecular complexity index is 1060. The highest BCUT2D eigenvalue weighted by Gasteiger charge is 2.13. The number of fused-ring (bicyclic) bond motifs is 2. The Hall–Kier alpha value is -2.18. The fourth-order valence-corrected chi connectivity index (χ4v) is 3.90. The number of nitrogens with zero attached hydrogens (tertiary/aromatic N) is 5. The van der Waals surface area contributed by atoms with Crippen molar-refractivity contribution < 1.29 is 0 Å². The summed E-state index contributed by atoms with van der Waals surface area (Å²) in [4.78, 5) is 13.4. The van der Waals surface area contributed by atoms with Gasteiger partial charge in [0.15, 0.2) is 5.65 Å². The zero-order valence-electron chi connectivity index (χ0n) is 13.2. The van der Waals surface area contributed by atoms with E-state index in [0.29, 0.717) is 5.75 Å². The van der Waals surface area contributed by atoms with Gasteiger partial charge in [-0.15, -0.1) is 0 Å². The van der Waals surface area contributed by atoms with Crippen LogP contribution in [0.3, 0.4) is 0 Å². The molecule has 24 heavy (non-hydrogen) atoms. The van der Waals surface area contributed by atoms with E-state index in [1.165, 1.54) is 0 Å². The van der Waals surface area contributed by atoms with Gasteiger partial charge in [0.25, 0.3) is 0 Å². The molecule has 1 aromatic carbocycles. The van der Waals surface area contributed by atoms with E-state index in [1.54, 1.807) is 29.0 Å². The second-order valence-corrected chi connectivity index (χ2v) is 6.83. The van der Waals surface area contributed by atoms with Crippen LogP contribution in [-0.2, 0) is 12.8 Å². The minimum atomic E-state index is 0.644. The molecule has 0 radical (unpaired) electrons. The zero-order chi connectivity index (χ0) is 16.7. The average Bonchev–Trinajstić information content (AvgIpc) is 2.99. The lowest BCUT2D eigenvalue weighted by Gasteiger charge is -2.09. The number of thioether (sulfide) groups is 1. The summed E-state index contributed by atoms with van der Waals surface area (Å²) >= 11 is 8.13. The van der Waals surface area contributed by atoms with Crippen LogP contribution < -0.4 is 0 Å². The summed E-state index contributed by atoms with van der Waals surface area (Å²) < 4.78 is 1.74. The summed E-state index contributed by atoms with van der Waals surface area (Å²) in [6.07, 6.45) is 3.35. The summed E-state index contributed by atoms with van der Waals surface area (Å²) in [5.74, 6) is 0.644. The van der Waals surface area contributed by atoms with Gasteiger partial charge in [0.2, 0.25) is 0 Å². The Balaban J connectivity index is 1.71. The predicted octanol–water partition coefficient (Wildman–Crippen LogP) is 4.17. The summed E-state index contributed by atoms with van der Waals surface area (Å²) in [5, 5.41) is 7.88. The second-order valence-electron chi connectivity index (χ2n) is 5.49. The number of benzene rings is 1. The van der Waals surface area contributed by atoms with E-state index >= 15 is 0 Å². The van der Waals surface area contributed by atoms with Crippen molar-refractivity contribution in [3.05, 3.63) is 53.1 Å². The van der Waals surface area contributed by atoms with Gasteiger partial charge < -0.3 is 0 Å². The Morgan fingerprint density at radius 3 is 2.88 bits per heavy atom. The molecule has 0 N–H and O–H groups in total. The van der Waals surface area contributed by atoms with Crippen LogP contribution in [0.1, 0.15) is 11.3 Å². The van der Waals surface area contributed by atoms with Crippen LogP contribution in [0.5, 0.6) is 0 Å². The van der Waals surface area contributed by atoms with E-state index in [1.807, 2.05) is 38.2 Å². The molecule has 0 saturated carbocycles. The van der Waals surface area contributed by atoms with Crippen molar-refractivity contribution in [3.63, 3.8) is 0 Å². The minimum absolute atomic E-state index is 0.644. The lowest BCUT2D eigenvalue weighted by Crippen LogP contribution is -1.95. The molecule has 7 heteroatoms. The van der Waals surface area contributed by atoms with Gasteiger partial charge in [0, 0.05) is 18.2 Å². The third-order valence-corrected chi connectivity index (χ3v) is 5.50. The first-order valence-electron chi connectivity index (χ1n) is 7.44. The number of para-hydroxylation sites is 1. The van der Waals surface area contributed by atoms with Crippen LogP contribution in [0, 0.1) is 6.92 Å². The largest absolute Gasteiger partial charge is 0.250 e. The quantitative estimate of drug-likeness (QED) is 0.408. The number of halogens is 1. The highest BCUT2D eigenvalue weighted by Crippen LogP contribution is 2.32. The van der Waals surface area contributed by atoms with Gasteiger partial charge >= 0.3 is 0 Å². The third kappa shape index (κ3) is 2.52. The van der Waals surface area contributed by atoms with Crippen LogP contribution in [0.15, 0.2) is 41.8 Å². The first-order chi connectivity index (χ1) is 11.6. The molecule has 0 aliphatic heterocycles. The van der Waals surface area contributed by atoms with Crippen molar-refractivity contribution >= 4 is 45.3 Å². The molecule has 120 valence electrons. The standard InChI is InChI=1S/C17H14ClN5S/c1-10-11-5-3-4-6-13(11)22-14(15(10)18)8-24-17-12-7-21-23(2)16(12)19-9-20-17/h3-7,9H,8H2,1-2H3. The van der Waals surface area contributed by atoms with Gasteiger partial charge in [-0.2, -0.15) is 5.10 Å². The Morgan fingerprint density at radius 2 is 2.00 bits per heavy atom. The van der Waals surface area contributed by atoms with E-state index < -0.39 is 0 Å². The third-order valence-electron chi connectivity index (χ3n) is 3.98. The predicted molar refractivity (Wildman–Crippen MR) is 97.4 cm³/mol. The molecule has 0 amide bonds. The molecule has 0 saturated heterocycles. The van der Waals surface area contributed by atoms with Crippen molar-refractivity contribution in [1.82, 2.24) is 24.7 Å². The van der Waals surface area contributed by atoms with E-state index in [2.05, 4.69) is 15.1 Å². The molecule has 3 aromatic heterocycles. The van der Waals surface area contributed by atoms with Gasteiger partial charge in [-0.25, -0.2) is 9.97 Å². The van der Waals surface area contributed by atoms with Crippen LogP contribution in [0.25, 0.3) is 21.9 Å². The molecule has 4 rings (SSSR count). The molecular weight excluding hydrogens is 342 g/mol. The van der Waals surface area contributed by atoms with Crippen molar-refractivity contribution in [3.8, 4) is 0 Å². The van der Waals surface area contributed by atoms with E-state index in [4.69, 9.17) is 16.6 Å². The Kier molecular flexibility index (Phi) is 3.86. The number of aryl methyl sites for hydroxylation is 2. The van der Waals surface area contributed by atoms with Crippen LogP contribution in [0.2, 0.25) is 5.02 Å². The van der Waals surface area contributed by atoms with E-state index in [9.17, 15) is 0 Å². The maximum Gasteiger partial charge on any atom is 0.162 e. The topological polar surface area (TPSA) is 56.5 Å². The normalized spacial score (nSPS) is 11.5. The monoisotopic (exact) mass is 355 g/mol. The smallest absolute Gasteiger partial charge is 0.162 e. The molecule has 5 nitrogen and oxygen atoms in total. The van der Waals surface area contributed by atoms with Gasteiger partial charge in [-0.3, -0.25) is 9.67 Å². The number of aromatic nitrogens is 5. The fraction of sp³-hybridized carbons (Fsp3) is 0.176. The van der Waals surface area contributed by atoms with E-state index in [0.717, 1.165) is 43.2 Å². The van der Waals surface area contributed by atoms with Gasteiger partial charge in [-0.05, 0) is 18.6 Å². The number of hydrogen-bond acceptors (Lipinski definition) is 5. The lowest BCUT2D eigenvalue weighted by molar-refractivity contribution is 0.784. The molecule has 0 bridgehead atoms. The number of rotatable bonds is 3. The first-order valence-corrected chi connectivity index (χ1v) is 8.80. The Labute approximate surface area is 148 Å². The maximum atomic E-state index is 6.54. The van der Waals surface area contributed by atoms with Crippen LogP contribution in [-0.4, -0.2) is 24.7 Å². The van der Waals surface area contributed by atoms with E-state index in [-0.39, 0.29) is 0 Å². The van der Waals surface area contributed by atoms with Crippen molar-refractivity contribution in [2.75, 3.05) is 0 Å². The molecule has 0 aliphatic carbocycles. The maximum absolute atomic E-state index is 6.54. The summed E-state index contributed by atoms with van der Waals surface area (Å²) in [6.45, 7) is 2.03. The van der Waals surface area contributed by atoms with Gasteiger partial charge in [-0.1, -0.05) is 41.6 Å². The minimum Gasteiger partial charge on any atom is -0.250 e. The molecule has 0 atom stereocenters. The molecular formula is C17H14ClN5S. The summed E-state index contributed by atoms with van der Waals surface area (Å²) in [6, 6.07) is 8.05. The number of pyridine rings is 1. The molecule has 0 fully saturated rings. The highest BCUT2D eigenvalue weighted by molar-refractivity contribution is 7.98. The Morgan fingerprint density at radius 1 is 1.17 bits per heavy atom. The molecule has 3 heterocycles. The number of hydrogen-bond donors (Lipinski definition) is 0. The summed E-state index contributed by atoms with van der Waals surface area (Å²) in [7, 11) is 1.87. The molecule has 0 unspecified atom stereocenters. The average molecular weight is 356 g/mol. The van der Waals surface area contributed by atoms with Crippen molar-refractivity contribution in [1.29, 1.82) is 0 Å². The highest BCUT2D eigenvalue weighted by atomic mass is 35.5. The SMILES string of the molecule is Cc1c(Cl)c(CSc2ncnc3c2cnn3C)nc2ccccc12. The van der Waals surface area contributed by atoms with Gasteiger partial charge in [0.1, 0.15) is 11.4 Å². The summed E-state index contributed by atoms with van der Waals surface area (Å²) in [5.41, 5.74) is 3.71. The molecule has 0 aliphatic rings. The zero-order valence-corrected chi connectivity index (χ0v) is 14.8. The van der Waals surface area contributed by atoms with Crippen molar-refractivity contribution in [2.24, 2.45) is 7.05 Å². The van der Waals surface area contributed by atoms with Crippen LogP contribution in [0.4, 0.5) is 0 Å². The van der Waals surface area contributed by atoms with Crippen LogP contribution >= 0.6 is 23.4 Å². The lowest BCUT2D eigenvalue weighted by atomic mass is 10.1. The molecule has 0 spiro atoms. The first kappa shape index (κ1) is 15.4. The van der Waals surface area contributed by atoms with Crippen molar-refractivity contribution in [2.45, 2.75) is 17.7 Å².